The zero-order chi connectivity index (χ0) is 19.1. The van der Waals surface area contributed by atoms with Gasteiger partial charge in [-0.15, -0.1) is 0 Å². The topological polar surface area (TPSA) is 66.4 Å². The Hall–Kier alpha value is -1.02. The van der Waals surface area contributed by atoms with E-state index in [-0.39, 0.29) is 17.4 Å². The minimum Gasteiger partial charge on any atom is -0.348 e. The van der Waals surface area contributed by atoms with Crippen LogP contribution in [0.2, 0.25) is 0 Å². The van der Waals surface area contributed by atoms with Crippen LogP contribution in [0.3, 0.4) is 0 Å². The molecule has 1 aromatic rings. The molecule has 1 saturated heterocycles. The first-order chi connectivity index (χ1) is 12.1. The molecule has 2 aliphatic rings. The highest BCUT2D eigenvalue weighted by molar-refractivity contribution is 7.80. The third kappa shape index (κ3) is 4.27. The molecule has 142 valence electrons. The quantitative estimate of drug-likeness (QED) is 0.421. The highest BCUT2D eigenvalue weighted by Gasteiger charge is 2.38. The van der Waals surface area contributed by atoms with Crippen molar-refractivity contribution in [2.45, 2.75) is 35.8 Å². The number of carbonyl (C=O) groups excluding carboxylic acids is 1. The summed E-state index contributed by atoms with van der Waals surface area (Å²) in [5.74, 6) is 0.191. The molecule has 0 radical (unpaired) electrons. The number of hydrogen-bond acceptors (Lipinski definition) is 3. The highest BCUT2D eigenvalue weighted by atomic mass is 35.6. The van der Waals surface area contributed by atoms with E-state index >= 15 is 0 Å². The summed E-state index contributed by atoms with van der Waals surface area (Å²) in [5.41, 5.74) is 1.06. The maximum atomic E-state index is 12.1. The normalized spacial score (nSPS) is 23.0. The molecule has 10 heteroatoms. The molecule has 0 spiro atoms. The average molecular weight is 438 g/mol. The summed E-state index contributed by atoms with van der Waals surface area (Å²) in [6, 6.07) is 5.37. The minimum absolute atomic E-state index is 0.0354. The average Bonchev–Trinajstić information content (AvgIpc) is 2.54. The second-order valence-corrected chi connectivity index (χ2v) is 9.48. The lowest BCUT2D eigenvalue weighted by Crippen LogP contribution is -2.59. The van der Waals surface area contributed by atoms with E-state index in [0.717, 1.165) is 12.1 Å². The molecule has 0 aliphatic carbocycles. The van der Waals surface area contributed by atoms with Crippen LogP contribution in [0.4, 0.5) is 0 Å². The van der Waals surface area contributed by atoms with Crippen LogP contribution in [0, 0.1) is 5.92 Å². The molecule has 0 aromatic carbocycles. The van der Waals surface area contributed by atoms with Crippen molar-refractivity contribution in [1.82, 2.24) is 20.1 Å². The number of thiocarbonyl (C=S) groups is 1. The van der Waals surface area contributed by atoms with E-state index in [0.29, 0.717) is 30.7 Å². The number of carbonyl (C=O) groups is 1. The molecule has 2 N–H and O–H groups in total. The summed E-state index contributed by atoms with van der Waals surface area (Å²) >= 11 is 23.3. The second-order valence-electron chi connectivity index (χ2n) is 6.73. The van der Waals surface area contributed by atoms with Gasteiger partial charge in [0.1, 0.15) is 6.17 Å². The SMILES string of the molecule is CC(=O)NC(NC(=S)N1C[C@@H]2C[C@@H](C1)c1cccc(=O)n1C2)C(Cl)(Cl)Cl. The third-order valence-corrected chi connectivity index (χ3v) is 5.74. The van der Waals surface area contributed by atoms with Gasteiger partial charge in [0.15, 0.2) is 5.11 Å². The lowest BCUT2D eigenvalue weighted by Gasteiger charge is -2.44. The Labute approximate surface area is 171 Å². The molecule has 3 atom stereocenters. The van der Waals surface area contributed by atoms with Gasteiger partial charge in [-0.3, -0.25) is 9.59 Å². The summed E-state index contributed by atoms with van der Waals surface area (Å²) in [6.07, 6.45) is 0.0801. The molecular weight excluding hydrogens is 419 g/mol. The molecule has 6 nitrogen and oxygen atoms in total. The summed E-state index contributed by atoms with van der Waals surface area (Å²) in [7, 11) is 0. The van der Waals surface area contributed by atoms with E-state index in [1.807, 2.05) is 15.5 Å². The molecule has 26 heavy (non-hydrogen) atoms. The molecule has 2 aliphatic heterocycles. The smallest absolute Gasteiger partial charge is 0.250 e. The van der Waals surface area contributed by atoms with Gasteiger partial charge >= 0.3 is 0 Å². The van der Waals surface area contributed by atoms with Crippen LogP contribution in [-0.4, -0.2) is 43.5 Å². The summed E-state index contributed by atoms with van der Waals surface area (Å²) in [4.78, 5) is 25.5. The number of rotatable bonds is 2. The van der Waals surface area contributed by atoms with Gasteiger partial charge in [-0.1, -0.05) is 40.9 Å². The minimum atomic E-state index is -1.75. The molecule has 1 aromatic heterocycles. The van der Waals surface area contributed by atoms with Gasteiger partial charge in [-0.25, -0.2) is 0 Å². The Balaban J connectivity index is 1.74. The zero-order valence-corrected chi connectivity index (χ0v) is 17.1. The standard InChI is InChI=1S/C16H19Cl3N4O2S/c1-9(24)20-14(16(17,18)19)21-15(26)22-6-10-5-11(8-22)12-3-2-4-13(25)23(12)7-10/h2-4,10-11,14H,5-8H2,1H3,(H,20,24)(H,21,26)/t10-,11-,14?/m0/s1. The van der Waals surface area contributed by atoms with Crippen LogP contribution in [0.25, 0.3) is 0 Å². The van der Waals surface area contributed by atoms with Crippen molar-refractivity contribution in [3.05, 3.63) is 34.2 Å². The first-order valence-corrected chi connectivity index (χ1v) is 9.78. The number of aromatic nitrogens is 1. The maximum Gasteiger partial charge on any atom is 0.250 e. The lowest BCUT2D eigenvalue weighted by atomic mass is 9.83. The number of nitrogens with one attached hydrogen (secondary N) is 2. The Bertz CT molecular complexity index is 779. The predicted octanol–water partition coefficient (Wildman–Crippen LogP) is 1.97. The van der Waals surface area contributed by atoms with Crippen molar-refractivity contribution in [3.8, 4) is 0 Å². The maximum absolute atomic E-state index is 12.1. The number of fused-ring (bicyclic) bond motifs is 4. The number of nitrogens with zero attached hydrogens (tertiary/aromatic N) is 2. The monoisotopic (exact) mass is 436 g/mol. The van der Waals surface area contributed by atoms with E-state index in [1.165, 1.54) is 6.92 Å². The largest absolute Gasteiger partial charge is 0.348 e. The number of likely N-dealkylation sites (tertiary alicyclic amines) is 1. The van der Waals surface area contributed by atoms with Gasteiger partial charge in [0.2, 0.25) is 9.70 Å². The summed E-state index contributed by atoms with van der Waals surface area (Å²) in [6.45, 7) is 3.38. The predicted molar refractivity (Wildman–Crippen MR) is 107 cm³/mol. The second kappa shape index (κ2) is 7.54. The lowest BCUT2D eigenvalue weighted by molar-refractivity contribution is -0.119. The Morgan fingerprint density at radius 2 is 2.00 bits per heavy atom. The Morgan fingerprint density at radius 1 is 1.27 bits per heavy atom. The van der Waals surface area contributed by atoms with Gasteiger partial charge in [-0.2, -0.15) is 0 Å². The van der Waals surface area contributed by atoms with Crippen LogP contribution in [0.15, 0.2) is 23.0 Å². The number of piperidine rings is 1. The Kier molecular flexibility index (Phi) is 5.72. The van der Waals surface area contributed by atoms with Crippen LogP contribution in [0.1, 0.15) is 25.0 Å². The van der Waals surface area contributed by atoms with Gasteiger partial charge in [0, 0.05) is 44.2 Å². The van der Waals surface area contributed by atoms with Crippen molar-refractivity contribution < 1.29 is 4.79 Å². The molecule has 3 heterocycles. The van der Waals surface area contributed by atoms with Crippen molar-refractivity contribution in [2.75, 3.05) is 13.1 Å². The Morgan fingerprint density at radius 3 is 2.65 bits per heavy atom. The molecule has 3 rings (SSSR count). The van der Waals surface area contributed by atoms with Crippen molar-refractivity contribution in [3.63, 3.8) is 0 Å². The highest BCUT2D eigenvalue weighted by Crippen LogP contribution is 2.35. The van der Waals surface area contributed by atoms with E-state index in [4.69, 9.17) is 47.0 Å². The molecular formula is C16H19Cl3N4O2S. The number of hydrogen-bond donors (Lipinski definition) is 2. The molecule has 0 saturated carbocycles. The van der Waals surface area contributed by atoms with Crippen molar-refractivity contribution in [1.29, 1.82) is 0 Å². The fraction of sp³-hybridized carbons (Fsp3) is 0.562. The van der Waals surface area contributed by atoms with Gasteiger partial charge < -0.3 is 20.1 Å². The first-order valence-electron chi connectivity index (χ1n) is 8.24. The molecule has 1 fully saturated rings. The molecule has 2 bridgehead atoms. The van der Waals surface area contributed by atoms with E-state index in [1.54, 1.807) is 12.1 Å². The van der Waals surface area contributed by atoms with E-state index < -0.39 is 9.96 Å². The van der Waals surface area contributed by atoms with Crippen LogP contribution >= 0.6 is 47.0 Å². The van der Waals surface area contributed by atoms with Gasteiger partial charge in [0.25, 0.3) is 5.56 Å². The van der Waals surface area contributed by atoms with Crippen LogP contribution < -0.4 is 16.2 Å². The number of halogens is 3. The van der Waals surface area contributed by atoms with Crippen molar-refractivity contribution >= 4 is 58.0 Å². The van der Waals surface area contributed by atoms with Gasteiger partial charge in [0.05, 0.1) is 0 Å². The number of pyridine rings is 1. The first kappa shape index (κ1) is 19.7. The molecule has 1 unspecified atom stereocenters. The van der Waals surface area contributed by atoms with Crippen molar-refractivity contribution in [2.24, 2.45) is 5.92 Å². The van der Waals surface area contributed by atoms with Crippen LogP contribution in [0.5, 0.6) is 0 Å². The summed E-state index contributed by atoms with van der Waals surface area (Å²) in [5, 5.41) is 5.91. The fourth-order valence-corrected chi connectivity index (χ4v) is 4.27. The van der Waals surface area contributed by atoms with Gasteiger partial charge in [-0.05, 0) is 30.6 Å². The zero-order valence-electron chi connectivity index (χ0n) is 14.0. The number of amides is 1. The van der Waals surface area contributed by atoms with E-state index in [2.05, 4.69) is 10.6 Å². The number of alkyl halides is 3. The summed E-state index contributed by atoms with van der Waals surface area (Å²) < 4.78 is 0.107. The van der Waals surface area contributed by atoms with E-state index in [9.17, 15) is 9.59 Å². The molecule has 1 amide bonds. The van der Waals surface area contributed by atoms with Crippen LogP contribution in [-0.2, 0) is 11.3 Å². The third-order valence-electron chi connectivity index (χ3n) is 4.71. The fourth-order valence-electron chi connectivity index (χ4n) is 3.68.